The van der Waals surface area contributed by atoms with Crippen molar-refractivity contribution in [3.05, 3.63) is 35.4 Å². The maximum Gasteiger partial charge on any atom is 0.159 e. The zero-order chi connectivity index (χ0) is 12.1. The lowest BCUT2D eigenvalue weighted by atomic mass is 10.1. The molecule has 0 aliphatic rings. The summed E-state index contributed by atoms with van der Waals surface area (Å²) < 4.78 is 25.6. The summed E-state index contributed by atoms with van der Waals surface area (Å²) in [7, 11) is 0. The maximum absolute atomic E-state index is 12.9. The second-order valence-corrected chi connectivity index (χ2v) is 3.91. The average molecular weight is 229 g/mol. The quantitative estimate of drug-likeness (QED) is 0.812. The lowest BCUT2D eigenvalue weighted by molar-refractivity contribution is 0.169. The first-order valence-corrected chi connectivity index (χ1v) is 5.41. The van der Waals surface area contributed by atoms with E-state index in [-0.39, 0.29) is 0 Å². The molecule has 2 atom stereocenters. The van der Waals surface area contributed by atoms with E-state index in [0.717, 1.165) is 18.6 Å². The standard InChI is InChI=1S/C12H17F2NO/c1-3-8(2)15-7-12(16)9-4-5-10(13)11(14)6-9/h4-6,8,12,15-16H,3,7H2,1-2H3. The Kier molecular flexibility index (Phi) is 4.83. The molecule has 2 N–H and O–H groups in total. The molecule has 0 aliphatic carbocycles. The molecule has 1 aromatic rings. The van der Waals surface area contributed by atoms with Gasteiger partial charge in [-0.15, -0.1) is 0 Å². The number of halogens is 2. The summed E-state index contributed by atoms with van der Waals surface area (Å²) in [6, 6.07) is 3.73. The van der Waals surface area contributed by atoms with Gasteiger partial charge >= 0.3 is 0 Å². The van der Waals surface area contributed by atoms with E-state index in [9.17, 15) is 13.9 Å². The van der Waals surface area contributed by atoms with Crippen molar-refractivity contribution in [3.63, 3.8) is 0 Å². The van der Waals surface area contributed by atoms with Crippen molar-refractivity contribution in [2.24, 2.45) is 0 Å². The maximum atomic E-state index is 12.9. The van der Waals surface area contributed by atoms with E-state index < -0.39 is 17.7 Å². The normalized spacial score (nSPS) is 14.8. The van der Waals surface area contributed by atoms with Crippen LogP contribution in [0.2, 0.25) is 0 Å². The monoisotopic (exact) mass is 229 g/mol. The van der Waals surface area contributed by atoms with E-state index in [0.29, 0.717) is 18.2 Å². The van der Waals surface area contributed by atoms with E-state index in [2.05, 4.69) is 5.32 Å². The van der Waals surface area contributed by atoms with E-state index in [1.54, 1.807) is 0 Å². The molecule has 2 unspecified atom stereocenters. The summed E-state index contributed by atoms with van der Waals surface area (Å²) in [5.41, 5.74) is 0.384. The number of nitrogens with one attached hydrogen (secondary N) is 1. The minimum atomic E-state index is -0.930. The highest BCUT2D eigenvalue weighted by Crippen LogP contribution is 2.15. The van der Waals surface area contributed by atoms with Gasteiger partial charge in [-0.1, -0.05) is 13.0 Å². The molecule has 16 heavy (non-hydrogen) atoms. The van der Waals surface area contributed by atoms with E-state index in [1.807, 2.05) is 13.8 Å². The molecule has 0 spiro atoms. The van der Waals surface area contributed by atoms with Crippen molar-refractivity contribution in [3.8, 4) is 0 Å². The van der Waals surface area contributed by atoms with Gasteiger partial charge in [0.05, 0.1) is 6.10 Å². The Morgan fingerprint density at radius 3 is 2.56 bits per heavy atom. The summed E-state index contributed by atoms with van der Waals surface area (Å²) in [5, 5.41) is 12.8. The zero-order valence-corrected chi connectivity index (χ0v) is 9.50. The van der Waals surface area contributed by atoms with E-state index in [1.165, 1.54) is 6.07 Å². The molecule has 0 heterocycles. The third-order valence-corrected chi connectivity index (χ3v) is 2.60. The molecule has 0 aromatic heterocycles. The third-order valence-electron chi connectivity index (χ3n) is 2.60. The van der Waals surface area contributed by atoms with E-state index in [4.69, 9.17) is 0 Å². The van der Waals surface area contributed by atoms with Gasteiger partial charge in [-0.05, 0) is 31.0 Å². The van der Waals surface area contributed by atoms with Crippen molar-refractivity contribution < 1.29 is 13.9 Å². The topological polar surface area (TPSA) is 32.3 Å². The van der Waals surface area contributed by atoms with Crippen molar-refractivity contribution in [2.75, 3.05) is 6.54 Å². The molecule has 2 nitrogen and oxygen atoms in total. The van der Waals surface area contributed by atoms with Crippen LogP contribution in [0.25, 0.3) is 0 Å². The Hall–Kier alpha value is -1.00. The first kappa shape index (κ1) is 13.1. The van der Waals surface area contributed by atoms with Crippen LogP contribution in [0.15, 0.2) is 18.2 Å². The van der Waals surface area contributed by atoms with Gasteiger partial charge in [0.25, 0.3) is 0 Å². The lowest BCUT2D eigenvalue weighted by Crippen LogP contribution is -2.29. The Bertz CT molecular complexity index is 344. The summed E-state index contributed by atoms with van der Waals surface area (Å²) in [5.74, 6) is -1.83. The minimum Gasteiger partial charge on any atom is -0.387 e. The largest absolute Gasteiger partial charge is 0.387 e. The predicted molar refractivity (Wildman–Crippen MR) is 59.1 cm³/mol. The summed E-state index contributed by atoms with van der Waals surface area (Å²) in [4.78, 5) is 0. The van der Waals surface area contributed by atoms with Crippen LogP contribution < -0.4 is 5.32 Å². The lowest BCUT2D eigenvalue weighted by Gasteiger charge is -2.16. The SMILES string of the molecule is CCC(C)NCC(O)c1ccc(F)c(F)c1. The molecule has 0 fully saturated rings. The molecule has 0 amide bonds. The number of rotatable bonds is 5. The molecule has 0 aliphatic heterocycles. The molecule has 0 bridgehead atoms. The Morgan fingerprint density at radius 2 is 2.00 bits per heavy atom. The number of aliphatic hydroxyl groups excluding tert-OH is 1. The second-order valence-electron chi connectivity index (χ2n) is 3.91. The molecule has 4 heteroatoms. The summed E-state index contributed by atoms with van der Waals surface area (Å²) in [6.45, 7) is 4.36. The number of aliphatic hydroxyl groups is 1. The fourth-order valence-corrected chi connectivity index (χ4v) is 1.29. The van der Waals surface area contributed by atoms with Gasteiger partial charge < -0.3 is 10.4 Å². The first-order chi connectivity index (χ1) is 7.54. The van der Waals surface area contributed by atoms with Crippen LogP contribution >= 0.6 is 0 Å². The molecule has 1 aromatic carbocycles. The van der Waals surface area contributed by atoms with Crippen LogP contribution in [0.4, 0.5) is 8.78 Å². The second kappa shape index (κ2) is 5.92. The van der Waals surface area contributed by atoms with Crippen molar-refractivity contribution in [2.45, 2.75) is 32.4 Å². The molecular weight excluding hydrogens is 212 g/mol. The van der Waals surface area contributed by atoms with E-state index >= 15 is 0 Å². The van der Waals surface area contributed by atoms with Gasteiger partial charge in [-0.3, -0.25) is 0 Å². The van der Waals surface area contributed by atoms with Crippen molar-refractivity contribution >= 4 is 0 Å². The fourth-order valence-electron chi connectivity index (χ4n) is 1.29. The molecule has 0 radical (unpaired) electrons. The highest BCUT2D eigenvalue weighted by molar-refractivity contribution is 5.20. The zero-order valence-electron chi connectivity index (χ0n) is 9.50. The average Bonchev–Trinajstić information content (AvgIpc) is 2.29. The van der Waals surface area contributed by atoms with Crippen LogP contribution in [0.5, 0.6) is 0 Å². The van der Waals surface area contributed by atoms with Crippen LogP contribution in [0.3, 0.4) is 0 Å². The fraction of sp³-hybridized carbons (Fsp3) is 0.500. The van der Waals surface area contributed by atoms with Gasteiger partial charge in [0.1, 0.15) is 0 Å². The smallest absolute Gasteiger partial charge is 0.159 e. The Morgan fingerprint density at radius 1 is 1.31 bits per heavy atom. The number of benzene rings is 1. The Balaban J connectivity index is 2.59. The first-order valence-electron chi connectivity index (χ1n) is 5.41. The van der Waals surface area contributed by atoms with Crippen molar-refractivity contribution in [1.82, 2.24) is 5.32 Å². The van der Waals surface area contributed by atoms with Gasteiger partial charge in [-0.2, -0.15) is 0 Å². The molecule has 1 rings (SSSR count). The van der Waals surface area contributed by atoms with Crippen LogP contribution in [0.1, 0.15) is 31.9 Å². The Labute approximate surface area is 94.3 Å². The summed E-state index contributed by atoms with van der Waals surface area (Å²) in [6.07, 6.45) is 0.133. The van der Waals surface area contributed by atoms with Crippen LogP contribution in [0, 0.1) is 11.6 Å². The third kappa shape index (κ3) is 3.54. The van der Waals surface area contributed by atoms with Crippen molar-refractivity contribution in [1.29, 1.82) is 0 Å². The van der Waals surface area contributed by atoms with Gasteiger partial charge in [0, 0.05) is 12.6 Å². The van der Waals surface area contributed by atoms with Crippen LogP contribution in [-0.4, -0.2) is 17.7 Å². The molecule has 90 valence electrons. The highest BCUT2D eigenvalue weighted by Gasteiger charge is 2.11. The van der Waals surface area contributed by atoms with Gasteiger partial charge in [-0.25, -0.2) is 8.78 Å². The summed E-state index contributed by atoms with van der Waals surface area (Å²) >= 11 is 0. The highest BCUT2D eigenvalue weighted by atomic mass is 19.2. The van der Waals surface area contributed by atoms with Crippen LogP contribution in [-0.2, 0) is 0 Å². The molecule has 0 saturated heterocycles. The number of hydrogen-bond acceptors (Lipinski definition) is 2. The number of hydrogen-bond donors (Lipinski definition) is 2. The molecule has 0 saturated carbocycles. The predicted octanol–water partition coefficient (Wildman–Crippen LogP) is 2.39. The van der Waals surface area contributed by atoms with Gasteiger partial charge in [0.15, 0.2) is 11.6 Å². The van der Waals surface area contributed by atoms with Gasteiger partial charge in [0.2, 0.25) is 0 Å². The minimum absolute atomic E-state index is 0.292. The molecular formula is C12H17F2NO.